The molecule has 120 valence electrons. The van der Waals surface area contributed by atoms with E-state index in [2.05, 4.69) is 5.32 Å². The van der Waals surface area contributed by atoms with Crippen molar-refractivity contribution < 1.29 is 14.3 Å². The number of methoxy groups -OCH3 is 1. The minimum Gasteiger partial charge on any atom is -0.385 e. The first-order chi connectivity index (χ1) is 10.6. The number of para-hydroxylation sites is 1. The van der Waals surface area contributed by atoms with Gasteiger partial charge in [0.25, 0.3) is 0 Å². The minimum atomic E-state index is -0.505. The lowest BCUT2D eigenvalue weighted by Crippen LogP contribution is -2.48. The van der Waals surface area contributed by atoms with Gasteiger partial charge in [0.05, 0.1) is 0 Å². The normalized spacial score (nSPS) is 15.9. The number of nitrogens with zero attached hydrogens (tertiary/aromatic N) is 1. The molecule has 2 rings (SSSR count). The third kappa shape index (κ3) is 3.85. The van der Waals surface area contributed by atoms with Crippen molar-refractivity contribution in [1.82, 2.24) is 5.32 Å². The lowest BCUT2D eigenvalue weighted by atomic mass is 10.1. The van der Waals surface area contributed by atoms with E-state index in [1.54, 1.807) is 18.9 Å². The van der Waals surface area contributed by atoms with Crippen molar-refractivity contribution >= 4 is 17.5 Å². The molecule has 22 heavy (non-hydrogen) atoms. The van der Waals surface area contributed by atoms with Crippen molar-refractivity contribution in [3.8, 4) is 0 Å². The number of nitrogens with one attached hydrogen (secondary N) is 1. The van der Waals surface area contributed by atoms with Crippen LogP contribution < -0.4 is 10.2 Å². The quantitative estimate of drug-likeness (QED) is 0.817. The Balaban J connectivity index is 2.11. The summed E-state index contributed by atoms with van der Waals surface area (Å²) in [5, 5.41) is 2.87. The summed E-state index contributed by atoms with van der Waals surface area (Å²) in [4.78, 5) is 26.4. The molecule has 0 aliphatic carbocycles. The maximum Gasteiger partial charge on any atom is 0.242 e. The zero-order valence-electron chi connectivity index (χ0n) is 13.3. The van der Waals surface area contributed by atoms with Crippen LogP contribution in [0.15, 0.2) is 24.3 Å². The Morgan fingerprint density at radius 3 is 2.91 bits per heavy atom. The fourth-order valence-electron chi connectivity index (χ4n) is 2.76. The van der Waals surface area contributed by atoms with Gasteiger partial charge in [-0.1, -0.05) is 18.2 Å². The highest BCUT2D eigenvalue weighted by Gasteiger charge is 2.30. The lowest BCUT2D eigenvalue weighted by Gasteiger charge is -2.28. The Kier molecular flexibility index (Phi) is 5.95. The van der Waals surface area contributed by atoms with Crippen LogP contribution in [0, 0.1) is 0 Å². The highest BCUT2D eigenvalue weighted by molar-refractivity contribution is 6.01. The number of carbonyl (C=O) groups excluding carboxylic acids is 2. The van der Waals surface area contributed by atoms with Gasteiger partial charge in [0.1, 0.15) is 6.04 Å². The van der Waals surface area contributed by atoms with E-state index >= 15 is 0 Å². The molecule has 0 aromatic heterocycles. The van der Waals surface area contributed by atoms with E-state index in [9.17, 15) is 9.59 Å². The van der Waals surface area contributed by atoms with Gasteiger partial charge in [-0.05, 0) is 37.8 Å². The van der Waals surface area contributed by atoms with Crippen LogP contribution >= 0.6 is 0 Å². The molecule has 1 unspecified atom stereocenters. The third-order valence-electron chi connectivity index (χ3n) is 3.95. The Morgan fingerprint density at radius 2 is 2.14 bits per heavy atom. The van der Waals surface area contributed by atoms with Crippen molar-refractivity contribution in [3.05, 3.63) is 29.8 Å². The number of amides is 2. The Hall–Kier alpha value is -1.88. The fourth-order valence-corrected chi connectivity index (χ4v) is 2.76. The van der Waals surface area contributed by atoms with Crippen LogP contribution in [0.25, 0.3) is 0 Å². The summed E-state index contributed by atoms with van der Waals surface area (Å²) in [5.41, 5.74) is 2.00. The molecular weight excluding hydrogens is 280 g/mol. The number of fused-ring (bicyclic) bond motifs is 1. The SMILES string of the molecule is COCCCNC(=O)C(C)N1C(=O)CCCc2ccccc21. The van der Waals surface area contributed by atoms with E-state index in [1.807, 2.05) is 24.3 Å². The molecule has 1 N–H and O–H groups in total. The summed E-state index contributed by atoms with van der Waals surface area (Å²) in [6, 6.07) is 7.34. The topological polar surface area (TPSA) is 58.6 Å². The van der Waals surface area contributed by atoms with Crippen LogP contribution in [0.4, 0.5) is 5.69 Å². The molecule has 0 saturated carbocycles. The molecule has 0 saturated heterocycles. The molecule has 0 fully saturated rings. The molecule has 5 heteroatoms. The van der Waals surface area contributed by atoms with Crippen LogP contribution in [-0.2, 0) is 20.7 Å². The predicted octanol–water partition coefficient (Wildman–Crippen LogP) is 1.90. The number of benzene rings is 1. The monoisotopic (exact) mass is 304 g/mol. The van der Waals surface area contributed by atoms with E-state index in [-0.39, 0.29) is 11.8 Å². The standard InChI is InChI=1S/C17H24N2O3/c1-13(17(21)18-11-6-12-22-2)19-15-9-4-3-7-14(15)8-5-10-16(19)20/h3-4,7,9,13H,5-6,8,10-12H2,1-2H3,(H,18,21). The summed E-state index contributed by atoms with van der Waals surface area (Å²) >= 11 is 0. The Morgan fingerprint density at radius 1 is 1.36 bits per heavy atom. The Bertz CT molecular complexity index is 530. The van der Waals surface area contributed by atoms with Crippen molar-refractivity contribution in [2.24, 2.45) is 0 Å². The highest BCUT2D eigenvalue weighted by atomic mass is 16.5. The van der Waals surface area contributed by atoms with Crippen LogP contribution in [0.3, 0.4) is 0 Å². The van der Waals surface area contributed by atoms with Crippen molar-refractivity contribution in [1.29, 1.82) is 0 Å². The van der Waals surface area contributed by atoms with Crippen LogP contribution in [0.1, 0.15) is 31.7 Å². The molecule has 1 aliphatic heterocycles. The number of carbonyl (C=O) groups is 2. The largest absolute Gasteiger partial charge is 0.385 e. The average molecular weight is 304 g/mol. The molecule has 0 spiro atoms. The zero-order chi connectivity index (χ0) is 15.9. The first-order valence-corrected chi connectivity index (χ1v) is 7.81. The maximum atomic E-state index is 12.4. The van der Waals surface area contributed by atoms with E-state index in [1.165, 1.54) is 0 Å². The molecule has 1 aliphatic rings. The maximum absolute atomic E-state index is 12.4. The number of hydrogen-bond donors (Lipinski definition) is 1. The third-order valence-corrected chi connectivity index (χ3v) is 3.95. The molecule has 1 aromatic rings. The van der Waals surface area contributed by atoms with Crippen molar-refractivity contribution in [2.75, 3.05) is 25.2 Å². The zero-order valence-corrected chi connectivity index (χ0v) is 13.3. The predicted molar refractivity (Wildman–Crippen MR) is 85.8 cm³/mol. The first-order valence-electron chi connectivity index (χ1n) is 7.81. The second-order valence-corrected chi connectivity index (χ2v) is 5.56. The lowest BCUT2D eigenvalue weighted by molar-refractivity contribution is -0.126. The molecule has 1 atom stereocenters. The minimum absolute atomic E-state index is 0.0180. The van der Waals surface area contributed by atoms with E-state index in [0.717, 1.165) is 30.5 Å². The van der Waals surface area contributed by atoms with Gasteiger partial charge in [-0.25, -0.2) is 0 Å². The van der Waals surface area contributed by atoms with E-state index < -0.39 is 6.04 Å². The molecule has 2 amide bonds. The summed E-state index contributed by atoms with van der Waals surface area (Å²) in [5.74, 6) is -0.106. The van der Waals surface area contributed by atoms with Gasteiger partial charge >= 0.3 is 0 Å². The number of aryl methyl sites for hydroxylation is 1. The molecule has 0 bridgehead atoms. The first kappa shape index (κ1) is 16.5. The molecule has 0 radical (unpaired) electrons. The van der Waals surface area contributed by atoms with Gasteiger partial charge in [0, 0.05) is 32.4 Å². The fraction of sp³-hybridized carbons (Fsp3) is 0.529. The number of ether oxygens (including phenoxy) is 1. The van der Waals surface area contributed by atoms with Gasteiger partial charge < -0.3 is 10.1 Å². The summed E-state index contributed by atoms with van der Waals surface area (Å²) in [7, 11) is 1.64. The summed E-state index contributed by atoms with van der Waals surface area (Å²) in [6.07, 6.45) is 2.95. The molecule has 1 heterocycles. The van der Waals surface area contributed by atoms with Crippen LogP contribution in [0.5, 0.6) is 0 Å². The molecule has 1 aromatic carbocycles. The second-order valence-electron chi connectivity index (χ2n) is 5.56. The van der Waals surface area contributed by atoms with Crippen LogP contribution in [0.2, 0.25) is 0 Å². The number of rotatable bonds is 6. The van der Waals surface area contributed by atoms with Crippen molar-refractivity contribution in [2.45, 2.75) is 38.6 Å². The van der Waals surface area contributed by atoms with Gasteiger partial charge in [0.2, 0.25) is 11.8 Å². The summed E-state index contributed by atoms with van der Waals surface area (Å²) in [6.45, 7) is 2.95. The molecular formula is C17H24N2O3. The Labute approximate surface area is 131 Å². The van der Waals surface area contributed by atoms with Gasteiger partial charge in [0.15, 0.2) is 0 Å². The number of anilines is 1. The molecule has 5 nitrogen and oxygen atoms in total. The number of hydrogen-bond acceptors (Lipinski definition) is 3. The van der Waals surface area contributed by atoms with Gasteiger partial charge in [-0.15, -0.1) is 0 Å². The second kappa shape index (κ2) is 7.94. The van der Waals surface area contributed by atoms with Gasteiger partial charge in [-0.3, -0.25) is 14.5 Å². The smallest absolute Gasteiger partial charge is 0.242 e. The van der Waals surface area contributed by atoms with Crippen molar-refractivity contribution in [3.63, 3.8) is 0 Å². The average Bonchev–Trinajstić information content (AvgIpc) is 2.69. The van der Waals surface area contributed by atoms with Crippen LogP contribution in [-0.4, -0.2) is 38.1 Å². The van der Waals surface area contributed by atoms with Gasteiger partial charge in [-0.2, -0.15) is 0 Å². The highest BCUT2D eigenvalue weighted by Crippen LogP contribution is 2.28. The van der Waals surface area contributed by atoms with E-state index in [0.29, 0.717) is 19.6 Å². The van der Waals surface area contributed by atoms with E-state index in [4.69, 9.17) is 4.74 Å². The summed E-state index contributed by atoms with van der Waals surface area (Å²) < 4.78 is 4.96.